The number of carbonyl (C=O) groups excluding carboxylic acids is 1. The van der Waals surface area contributed by atoms with Crippen LogP contribution < -0.4 is 0 Å². The summed E-state index contributed by atoms with van der Waals surface area (Å²) in [6, 6.07) is 10.3. The van der Waals surface area contributed by atoms with Gasteiger partial charge in [-0.1, -0.05) is 29.3 Å². The Hall–Kier alpha value is -3.41. The highest BCUT2D eigenvalue weighted by molar-refractivity contribution is 6.38. The number of benzene rings is 2. The van der Waals surface area contributed by atoms with E-state index >= 15 is 0 Å². The van der Waals surface area contributed by atoms with Crippen molar-refractivity contribution < 1.29 is 24.2 Å². The second-order valence-corrected chi connectivity index (χ2v) is 6.53. The quantitative estimate of drug-likeness (QED) is 0.406. The van der Waals surface area contributed by atoms with Gasteiger partial charge >= 0.3 is 5.97 Å². The Morgan fingerprint density at radius 3 is 2.37 bits per heavy atom. The van der Waals surface area contributed by atoms with Crippen molar-refractivity contribution in [2.45, 2.75) is 20.4 Å². The molecular weight excluding hydrogens is 349 g/mol. The van der Waals surface area contributed by atoms with Gasteiger partial charge in [0.05, 0.1) is 0 Å². The Morgan fingerprint density at radius 1 is 1.07 bits per heavy atom. The number of rotatable bonds is 5. The van der Waals surface area contributed by atoms with Gasteiger partial charge in [-0.2, -0.15) is 0 Å². The van der Waals surface area contributed by atoms with Crippen LogP contribution in [0.1, 0.15) is 22.3 Å². The van der Waals surface area contributed by atoms with E-state index < -0.39 is 23.3 Å². The third kappa shape index (κ3) is 3.89. The van der Waals surface area contributed by atoms with E-state index in [1.165, 1.54) is 12.1 Å². The van der Waals surface area contributed by atoms with Crippen molar-refractivity contribution in [3.8, 4) is 0 Å². The topological polar surface area (TPSA) is 79.5 Å². The Bertz CT molecular complexity index is 1070. The van der Waals surface area contributed by atoms with Gasteiger partial charge in [0.2, 0.25) is 0 Å². The number of hydrogen-bond acceptors (Lipinski definition) is 3. The first kappa shape index (κ1) is 18.4. The van der Waals surface area contributed by atoms with E-state index in [0.29, 0.717) is 23.5 Å². The van der Waals surface area contributed by atoms with Crippen LogP contribution in [0.15, 0.2) is 48.7 Å². The first-order chi connectivity index (χ1) is 12.7. The standard InChI is InChI=1S/C21H18FNO4/c1-12-5-13(2)7-14(6-12)10-23-11-17(19(24)9-20(25)21(26)27)16-8-15(22)3-4-18(16)23/h3-9,11,24H,10H2,1-2H3,(H,26,27). The van der Waals surface area contributed by atoms with Crippen molar-refractivity contribution in [2.75, 3.05) is 0 Å². The van der Waals surface area contributed by atoms with Crippen molar-refractivity contribution in [3.05, 3.63) is 76.7 Å². The lowest BCUT2D eigenvalue weighted by Crippen LogP contribution is -2.09. The number of ketones is 1. The number of aromatic nitrogens is 1. The van der Waals surface area contributed by atoms with Gasteiger partial charge in [-0.05, 0) is 37.6 Å². The van der Waals surface area contributed by atoms with Gasteiger partial charge in [-0.25, -0.2) is 9.18 Å². The molecule has 6 heteroatoms. The number of carbonyl (C=O) groups is 2. The number of aliphatic hydroxyl groups excluding tert-OH is 1. The monoisotopic (exact) mass is 367 g/mol. The summed E-state index contributed by atoms with van der Waals surface area (Å²) in [5.41, 5.74) is 4.12. The number of carboxylic acid groups (broad SMARTS) is 1. The zero-order chi connectivity index (χ0) is 19.7. The van der Waals surface area contributed by atoms with Gasteiger partial charge in [0, 0.05) is 35.3 Å². The van der Waals surface area contributed by atoms with Crippen molar-refractivity contribution in [1.82, 2.24) is 4.57 Å². The Labute approximate surface area is 155 Å². The molecular formula is C21H18FNO4. The average Bonchev–Trinajstić information content (AvgIpc) is 2.91. The minimum Gasteiger partial charge on any atom is -0.507 e. The zero-order valence-corrected chi connectivity index (χ0v) is 14.9. The number of nitrogens with zero attached hydrogens (tertiary/aromatic N) is 1. The predicted octanol–water partition coefficient (Wildman–Crippen LogP) is 4.00. The van der Waals surface area contributed by atoms with Gasteiger partial charge in [-0.3, -0.25) is 4.79 Å². The van der Waals surface area contributed by atoms with E-state index in [1.807, 2.05) is 30.5 Å². The van der Waals surface area contributed by atoms with Gasteiger partial charge < -0.3 is 14.8 Å². The largest absolute Gasteiger partial charge is 0.507 e. The highest BCUT2D eigenvalue weighted by Gasteiger charge is 2.16. The molecule has 0 spiro atoms. The van der Waals surface area contributed by atoms with Crippen LogP contribution in [0, 0.1) is 19.7 Å². The molecule has 0 saturated carbocycles. The number of hydrogen-bond donors (Lipinski definition) is 2. The van der Waals surface area contributed by atoms with Crippen LogP contribution in [0.5, 0.6) is 0 Å². The molecule has 0 saturated heterocycles. The molecule has 1 aromatic heterocycles. The van der Waals surface area contributed by atoms with E-state index in [1.54, 1.807) is 12.3 Å². The summed E-state index contributed by atoms with van der Waals surface area (Å²) < 4.78 is 15.6. The molecule has 0 bridgehead atoms. The van der Waals surface area contributed by atoms with Crippen LogP contribution in [0.2, 0.25) is 0 Å². The first-order valence-corrected chi connectivity index (χ1v) is 8.28. The van der Waals surface area contributed by atoms with Crippen LogP contribution >= 0.6 is 0 Å². The fourth-order valence-electron chi connectivity index (χ4n) is 3.22. The Morgan fingerprint density at radius 2 is 1.74 bits per heavy atom. The van der Waals surface area contributed by atoms with E-state index in [4.69, 9.17) is 5.11 Å². The van der Waals surface area contributed by atoms with Crippen molar-refractivity contribution in [3.63, 3.8) is 0 Å². The molecule has 0 aliphatic rings. The number of aliphatic carboxylic acids is 1. The minimum absolute atomic E-state index is 0.198. The molecule has 3 rings (SSSR count). The van der Waals surface area contributed by atoms with Crippen LogP contribution in [0.25, 0.3) is 16.7 Å². The van der Waals surface area contributed by atoms with E-state index in [0.717, 1.165) is 16.7 Å². The maximum atomic E-state index is 13.7. The normalized spacial score (nSPS) is 11.7. The van der Waals surface area contributed by atoms with Crippen LogP contribution in [0.3, 0.4) is 0 Å². The molecule has 3 aromatic rings. The van der Waals surface area contributed by atoms with E-state index in [-0.39, 0.29) is 5.56 Å². The van der Waals surface area contributed by atoms with Crippen LogP contribution in [-0.4, -0.2) is 26.5 Å². The second-order valence-electron chi connectivity index (χ2n) is 6.53. The van der Waals surface area contributed by atoms with Gasteiger partial charge in [0.25, 0.3) is 5.78 Å². The van der Waals surface area contributed by atoms with Crippen LogP contribution in [0.4, 0.5) is 4.39 Å². The lowest BCUT2D eigenvalue weighted by atomic mass is 10.1. The summed E-state index contributed by atoms with van der Waals surface area (Å²) in [7, 11) is 0. The summed E-state index contributed by atoms with van der Waals surface area (Å²) in [4.78, 5) is 22.1. The predicted molar refractivity (Wildman–Crippen MR) is 100 cm³/mol. The molecule has 5 nitrogen and oxygen atoms in total. The number of aliphatic hydroxyl groups is 1. The summed E-state index contributed by atoms with van der Waals surface area (Å²) in [5.74, 6) is -3.94. The Kier molecular flexibility index (Phi) is 4.81. The number of halogens is 1. The molecule has 0 amide bonds. The average molecular weight is 367 g/mol. The molecule has 0 aliphatic heterocycles. The summed E-state index contributed by atoms with van der Waals surface area (Å²) in [5, 5.41) is 19.3. The fraction of sp³-hybridized carbons (Fsp3) is 0.143. The maximum Gasteiger partial charge on any atom is 0.376 e. The molecule has 2 N–H and O–H groups in total. The highest BCUT2D eigenvalue weighted by atomic mass is 19.1. The SMILES string of the molecule is Cc1cc(C)cc(Cn2cc(C(O)=CC(=O)C(=O)O)c3cc(F)ccc32)c1. The molecule has 0 fully saturated rings. The molecule has 0 radical (unpaired) electrons. The van der Waals surface area contributed by atoms with E-state index in [2.05, 4.69) is 6.07 Å². The zero-order valence-electron chi connectivity index (χ0n) is 14.9. The second kappa shape index (κ2) is 7.07. The maximum absolute atomic E-state index is 13.7. The van der Waals surface area contributed by atoms with Gasteiger partial charge in [0.1, 0.15) is 11.6 Å². The first-order valence-electron chi connectivity index (χ1n) is 8.28. The fourth-order valence-corrected chi connectivity index (χ4v) is 3.22. The third-order valence-electron chi connectivity index (χ3n) is 4.23. The third-order valence-corrected chi connectivity index (χ3v) is 4.23. The minimum atomic E-state index is -1.67. The van der Waals surface area contributed by atoms with Crippen molar-refractivity contribution >= 4 is 28.4 Å². The lowest BCUT2D eigenvalue weighted by molar-refractivity contribution is -0.146. The van der Waals surface area contributed by atoms with Crippen molar-refractivity contribution in [1.29, 1.82) is 0 Å². The molecule has 0 unspecified atom stereocenters. The van der Waals surface area contributed by atoms with Crippen molar-refractivity contribution in [2.24, 2.45) is 0 Å². The number of fused-ring (bicyclic) bond motifs is 1. The molecule has 0 aliphatic carbocycles. The number of aryl methyl sites for hydroxylation is 2. The molecule has 0 atom stereocenters. The van der Waals surface area contributed by atoms with Crippen LogP contribution in [-0.2, 0) is 16.1 Å². The molecule has 138 valence electrons. The summed E-state index contributed by atoms with van der Waals surface area (Å²) in [6.45, 7) is 4.47. The van der Waals surface area contributed by atoms with Gasteiger partial charge in [-0.15, -0.1) is 0 Å². The smallest absolute Gasteiger partial charge is 0.376 e. The molecule has 1 heterocycles. The molecule has 27 heavy (non-hydrogen) atoms. The summed E-state index contributed by atoms with van der Waals surface area (Å²) in [6.07, 6.45) is 2.21. The summed E-state index contributed by atoms with van der Waals surface area (Å²) >= 11 is 0. The highest BCUT2D eigenvalue weighted by Crippen LogP contribution is 2.28. The van der Waals surface area contributed by atoms with E-state index in [9.17, 15) is 19.1 Å². The van der Waals surface area contributed by atoms with Gasteiger partial charge in [0.15, 0.2) is 0 Å². The Balaban J connectivity index is 2.12. The number of carboxylic acids is 1. The molecule has 2 aromatic carbocycles. The lowest BCUT2D eigenvalue weighted by Gasteiger charge is -2.08.